The van der Waals surface area contributed by atoms with Crippen LogP contribution in [0.5, 0.6) is 0 Å². The van der Waals surface area contributed by atoms with Gasteiger partial charge in [-0.1, -0.05) is 6.07 Å². The third-order valence-corrected chi connectivity index (χ3v) is 4.81. The summed E-state index contributed by atoms with van der Waals surface area (Å²) in [6.45, 7) is 10.5. The number of benzene rings is 1. The Bertz CT molecular complexity index is 948. The summed E-state index contributed by atoms with van der Waals surface area (Å²) in [7, 11) is 0. The molecule has 1 aromatic heterocycles. The molecule has 0 radical (unpaired) electrons. The fourth-order valence-electron chi connectivity index (χ4n) is 3.71. The van der Waals surface area contributed by atoms with Crippen LogP contribution in [-0.4, -0.2) is 46.1 Å². The van der Waals surface area contributed by atoms with Gasteiger partial charge in [-0.3, -0.25) is 14.4 Å². The Labute approximate surface area is 176 Å². The number of hydrogen-bond donors (Lipinski definition) is 0. The number of carbonyl (C=O) groups is 2. The Balaban J connectivity index is 2.02. The van der Waals surface area contributed by atoms with E-state index in [2.05, 4.69) is 5.10 Å². The van der Waals surface area contributed by atoms with Crippen molar-refractivity contribution in [3.63, 3.8) is 0 Å². The highest BCUT2D eigenvalue weighted by molar-refractivity contribution is 6.03. The number of carbonyl (C=O) groups excluding carboxylic acids is 2. The number of anilines is 2. The van der Waals surface area contributed by atoms with E-state index >= 15 is 0 Å². The van der Waals surface area contributed by atoms with Crippen LogP contribution in [0.3, 0.4) is 0 Å². The van der Waals surface area contributed by atoms with Crippen LogP contribution in [0.2, 0.25) is 0 Å². The zero-order chi connectivity index (χ0) is 22.2. The van der Waals surface area contributed by atoms with E-state index < -0.39 is 11.8 Å². The molecule has 0 unspecified atom stereocenters. The monoisotopic (exact) mass is 416 g/mol. The molecule has 1 atom stereocenters. The molecule has 1 aliphatic heterocycles. The second-order valence-electron chi connectivity index (χ2n) is 8.63. The lowest BCUT2D eigenvalue weighted by Gasteiger charge is -2.40. The van der Waals surface area contributed by atoms with Gasteiger partial charge in [0.15, 0.2) is 0 Å². The molecule has 0 saturated heterocycles. The van der Waals surface area contributed by atoms with E-state index in [4.69, 9.17) is 4.74 Å². The van der Waals surface area contributed by atoms with Gasteiger partial charge in [-0.2, -0.15) is 5.10 Å². The molecule has 2 heterocycles. The molecular weight excluding hydrogens is 387 g/mol. The van der Waals surface area contributed by atoms with Crippen LogP contribution in [0.4, 0.5) is 20.6 Å². The molecule has 8 heteroatoms. The van der Waals surface area contributed by atoms with Gasteiger partial charge in [-0.05, 0) is 52.3 Å². The maximum absolute atomic E-state index is 14.0. The van der Waals surface area contributed by atoms with Gasteiger partial charge in [0.05, 0.1) is 36.3 Å². The maximum Gasteiger partial charge on any atom is 0.414 e. The predicted octanol–water partition coefficient (Wildman–Crippen LogP) is 4.40. The summed E-state index contributed by atoms with van der Waals surface area (Å²) in [5.74, 6) is -0.0913. The van der Waals surface area contributed by atoms with Crippen molar-refractivity contribution in [2.45, 2.75) is 65.9 Å². The molecule has 30 heavy (non-hydrogen) atoms. The van der Waals surface area contributed by atoms with Gasteiger partial charge in [-0.15, -0.1) is 0 Å². The third-order valence-electron chi connectivity index (χ3n) is 4.81. The van der Waals surface area contributed by atoms with Crippen LogP contribution in [0.25, 0.3) is 11.1 Å². The van der Waals surface area contributed by atoms with Crippen LogP contribution in [0, 0.1) is 0 Å². The zero-order valence-corrected chi connectivity index (χ0v) is 18.3. The van der Waals surface area contributed by atoms with E-state index in [1.165, 1.54) is 20.8 Å². The Morgan fingerprint density at radius 2 is 1.97 bits per heavy atom. The number of ether oxygens (including phenoxy) is 1. The first kappa shape index (κ1) is 21.8. The zero-order valence-electron chi connectivity index (χ0n) is 18.3. The van der Waals surface area contributed by atoms with Crippen molar-refractivity contribution in [3.05, 3.63) is 30.6 Å². The highest BCUT2D eigenvalue weighted by atomic mass is 19.1. The summed E-state index contributed by atoms with van der Waals surface area (Å²) in [6.07, 6.45) is 2.73. The lowest BCUT2D eigenvalue weighted by molar-refractivity contribution is -0.117. The number of rotatable bonds is 4. The van der Waals surface area contributed by atoms with Crippen molar-refractivity contribution in [1.29, 1.82) is 0 Å². The Kier molecular flexibility index (Phi) is 5.87. The van der Waals surface area contributed by atoms with Gasteiger partial charge in [0.1, 0.15) is 5.67 Å². The number of halogens is 1. The smallest absolute Gasteiger partial charge is 0.414 e. The average Bonchev–Trinajstić information content (AvgIpc) is 3.06. The Hall–Kier alpha value is -2.90. The van der Waals surface area contributed by atoms with E-state index in [9.17, 15) is 14.0 Å². The van der Waals surface area contributed by atoms with Gasteiger partial charge in [0.25, 0.3) is 0 Å². The topological polar surface area (TPSA) is 67.7 Å². The second-order valence-corrected chi connectivity index (χ2v) is 8.63. The lowest BCUT2D eigenvalue weighted by Crippen LogP contribution is -2.51. The van der Waals surface area contributed by atoms with E-state index in [0.29, 0.717) is 17.9 Å². The van der Waals surface area contributed by atoms with Crippen molar-refractivity contribution < 1.29 is 18.7 Å². The molecule has 0 saturated carbocycles. The minimum Gasteiger partial charge on any atom is -0.446 e. The number of fused-ring (bicyclic) bond motifs is 1. The standard InChI is InChI=1S/C22H29FN4O3/c1-14(2)30-21(29)26-11-15(3)27(16(4)28)19-8-7-17(9-20(19)26)18-10-24-25(12-18)13-22(5,6)23/h7-10,12,14-15H,11,13H2,1-6H3/t15-/m0/s1. The van der Waals surface area contributed by atoms with Gasteiger partial charge in [-0.25, -0.2) is 9.18 Å². The molecule has 2 aromatic rings. The Morgan fingerprint density at radius 1 is 1.27 bits per heavy atom. The third kappa shape index (κ3) is 4.63. The molecule has 0 N–H and O–H groups in total. The summed E-state index contributed by atoms with van der Waals surface area (Å²) < 4.78 is 20.9. The molecule has 7 nitrogen and oxygen atoms in total. The SMILES string of the molecule is CC(=O)N1c2ccc(-c3cnn(CC(C)(C)F)c3)cc2N(C(=O)OC(C)C)C[C@@H]1C. The first-order valence-corrected chi connectivity index (χ1v) is 10.1. The summed E-state index contributed by atoms with van der Waals surface area (Å²) in [5, 5.41) is 4.25. The minimum atomic E-state index is -1.38. The summed E-state index contributed by atoms with van der Waals surface area (Å²) in [6, 6.07) is 5.37. The maximum atomic E-state index is 14.0. The van der Waals surface area contributed by atoms with Crippen molar-refractivity contribution in [1.82, 2.24) is 9.78 Å². The molecule has 0 bridgehead atoms. The molecule has 2 amide bonds. The summed E-state index contributed by atoms with van der Waals surface area (Å²) >= 11 is 0. The van der Waals surface area contributed by atoms with E-state index in [1.54, 1.807) is 40.7 Å². The number of alkyl halides is 1. The lowest BCUT2D eigenvalue weighted by atomic mass is 10.0. The molecule has 0 fully saturated rings. The summed E-state index contributed by atoms with van der Waals surface area (Å²) in [4.78, 5) is 28.3. The second kappa shape index (κ2) is 8.08. The fourth-order valence-corrected chi connectivity index (χ4v) is 3.71. The van der Waals surface area contributed by atoms with Crippen LogP contribution < -0.4 is 9.80 Å². The van der Waals surface area contributed by atoms with Gasteiger partial charge >= 0.3 is 6.09 Å². The molecule has 0 aliphatic carbocycles. The highest BCUT2D eigenvalue weighted by Crippen LogP contribution is 2.39. The molecular formula is C22H29FN4O3. The molecule has 3 rings (SSSR count). The van der Waals surface area contributed by atoms with Crippen molar-refractivity contribution in [2.24, 2.45) is 0 Å². The summed E-state index contributed by atoms with van der Waals surface area (Å²) in [5.41, 5.74) is 1.49. The number of nitrogens with zero attached hydrogens (tertiary/aromatic N) is 4. The predicted molar refractivity (Wildman–Crippen MR) is 114 cm³/mol. The molecule has 0 spiro atoms. The fraction of sp³-hybridized carbons (Fsp3) is 0.500. The molecule has 1 aliphatic rings. The first-order chi connectivity index (χ1) is 14.0. The first-order valence-electron chi connectivity index (χ1n) is 10.1. The Morgan fingerprint density at radius 3 is 2.57 bits per heavy atom. The van der Waals surface area contributed by atoms with E-state index in [0.717, 1.165) is 11.1 Å². The molecule has 1 aromatic carbocycles. The van der Waals surface area contributed by atoms with Gasteiger partial charge in [0.2, 0.25) is 5.91 Å². The van der Waals surface area contributed by atoms with Crippen LogP contribution in [0.15, 0.2) is 30.6 Å². The van der Waals surface area contributed by atoms with Gasteiger partial charge in [0, 0.05) is 25.2 Å². The largest absolute Gasteiger partial charge is 0.446 e. The van der Waals surface area contributed by atoms with Crippen LogP contribution >= 0.6 is 0 Å². The van der Waals surface area contributed by atoms with Gasteiger partial charge < -0.3 is 9.64 Å². The number of aromatic nitrogens is 2. The van der Waals surface area contributed by atoms with Crippen molar-refractivity contribution >= 4 is 23.4 Å². The molecule has 162 valence electrons. The normalized spacial score (nSPS) is 16.6. The number of amides is 2. The minimum absolute atomic E-state index is 0.0913. The van der Waals surface area contributed by atoms with E-state index in [-0.39, 0.29) is 24.6 Å². The average molecular weight is 416 g/mol. The van der Waals surface area contributed by atoms with Crippen LogP contribution in [-0.2, 0) is 16.1 Å². The van der Waals surface area contributed by atoms with Crippen LogP contribution in [0.1, 0.15) is 41.5 Å². The van der Waals surface area contributed by atoms with Crippen molar-refractivity contribution in [3.8, 4) is 11.1 Å². The highest BCUT2D eigenvalue weighted by Gasteiger charge is 2.35. The number of hydrogen-bond acceptors (Lipinski definition) is 4. The quantitative estimate of drug-likeness (QED) is 0.741. The van der Waals surface area contributed by atoms with Crippen molar-refractivity contribution in [2.75, 3.05) is 16.3 Å². The van der Waals surface area contributed by atoms with E-state index in [1.807, 2.05) is 25.1 Å².